The lowest BCUT2D eigenvalue weighted by Crippen LogP contribution is -2.30. The molecule has 12 heteroatoms. The fraction of sp³-hybridized carbons (Fsp3) is 0.150. The maximum absolute atomic E-state index is 13.5. The number of aromatic nitrogens is 1. The van der Waals surface area contributed by atoms with Gasteiger partial charge in [-0.2, -0.15) is 13.2 Å². The Morgan fingerprint density at radius 1 is 0.906 bits per heavy atom. The first-order valence-corrected chi connectivity index (χ1v) is 12.0. The monoisotopic (exact) mass is 486 g/mol. The number of hydrogen-bond acceptors (Lipinski definition) is 6. The van der Waals surface area contributed by atoms with E-state index in [1.54, 1.807) is 18.2 Å². The summed E-state index contributed by atoms with van der Waals surface area (Å²) in [7, 11) is -9.14. The van der Waals surface area contributed by atoms with Crippen LogP contribution in [0.2, 0.25) is 0 Å². The number of nitrogens with one attached hydrogen (secondary N) is 1. The van der Waals surface area contributed by atoms with Gasteiger partial charge in [0.15, 0.2) is 0 Å². The number of benzene rings is 2. The Bertz CT molecular complexity index is 1300. The lowest BCUT2D eigenvalue weighted by Gasteiger charge is -2.17. The lowest BCUT2D eigenvalue weighted by atomic mass is 10.2. The van der Waals surface area contributed by atoms with Crippen LogP contribution in [-0.2, 0) is 26.0 Å². The molecule has 3 rings (SSSR count). The molecule has 0 radical (unpaired) electrons. The van der Waals surface area contributed by atoms with Crippen molar-refractivity contribution in [1.29, 1.82) is 0 Å². The number of alkyl halides is 3. The highest BCUT2D eigenvalue weighted by atomic mass is 32.2. The number of aliphatic hydroxyl groups excluding tert-OH is 1. The van der Waals surface area contributed by atoms with Gasteiger partial charge in [-0.25, -0.2) is 21.6 Å². The van der Waals surface area contributed by atoms with Gasteiger partial charge in [-0.3, -0.25) is 4.98 Å². The van der Waals surface area contributed by atoms with Crippen molar-refractivity contribution in [3.05, 3.63) is 84.2 Å². The molecular formula is C20H17F3N2O5S2. The van der Waals surface area contributed by atoms with Gasteiger partial charge in [-0.05, 0) is 42.5 Å². The molecule has 7 nitrogen and oxygen atoms in total. The summed E-state index contributed by atoms with van der Waals surface area (Å²) in [5.41, 5.74) is -1.43. The number of rotatable bonds is 7. The van der Waals surface area contributed by atoms with Gasteiger partial charge in [0, 0.05) is 12.7 Å². The minimum atomic E-state index is -5.07. The van der Waals surface area contributed by atoms with Crippen LogP contribution in [0.3, 0.4) is 0 Å². The third-order valence-electron chi connectivity index (χ3n) is 4.41. The first kappa shape index (κ1) is 23.9. The molecule has 0 aliphatic carbocycles. The van der Waals surface area contributed by atoms with Crippen molar-refractivity contribution in [2.24, 2.45) is 0 Å². The van der Waals surface area contributed by atoms with Gasteiger partial charge in [0.1, 0.15) is 6.10 Å². The smallest absolute Gasteiger partial charge is 0.385 e. The Hall–Kier alpha value is -2.80. The summed E-state index contributed by atoms with van der Waals surface area (Å²) in [6, 6.07) is 13.0. The van der Waals surface area contributed by atoms with E-state index in [4.69, 9.17) is 0 Å². The van der Waals surface area contributed by atoms with Crippen LogP contribution in [-0.4, -0.2) is 33.5 Å². The van der Waals surface area contributed by atoms with Crippen LogP contribution in [0.1, 0.15) is 17.4 Å². The topological polar surface area (TPSA) is 113 Å². The zero-order valence-electron chi connectivity index (χ0n) is 16.2. The minimum absolute atomic E-state index is 0.103. The lowest BCUT2D eigenvalue weighted by molar-refractivity contribution is -0.139. The molecule has 1 aromatic heterocycles. The van der Waals surface area contributed by atoms with E-state index in [-0.39, 0.29) is 10.6 Å². The molecule has 32 heavy (non-hydrogen) atoms. The Morgan fingerprint density at radius 2 is 1.56 bits per heavy atom. The van der Waals surface area contributed by atoms with Gasteiger partial charge in [-0.1, -0.05) is 24.3 Å². The van der Waals surface area contributed by atoms with Crippen molar-refractivity contribution in [3.8, 4) is 0 Å². The van der Waals surface area contributed by atoms with Crippen LogP contribution in [0, 0.1) is 0 Å². The van der Waals surface area contributed by atoms with Crippen LogP contribution in [0.15, 0.2) is 87.6 Å². The normalized spacial score (nSPS) is 13.6. The summed E-state index contributed by atoms with van der Waals surface area (Å²) in [6.45, 7) is -0.674. The van der Waals surface area contributed by atoms with E-state index in [2.05, 4.69) is 4.98 Å². The summed E-state index contributed by atoms with van der Waals surface area (Å²) in [5, 5.41) is 10.1. The van der Waals surface area contributed by atoms with Crippen LogP contribution < -0.4 is 4.72 Å². The van der Waals surface area contributed by atoms with Crippen molar-refractivity contribution in [1.82, 2.24) is 9.71 Å². The molecule has 2 N–H and O–H groups in total. The molecule has 1 heterocycles. The van der Waals surface area contributed by atoms with Gasteiger partial charge in [0.05, 0.1) is 25.9 Å². The highest BCUT2D eigenvalue weighted by Crippen LogP contribution is 2.36. The minimum Gasteiger partial charge on any atom is -0.385 e. The van der Waals surface area contributed by atoms with E-state index in [0.29, 0.717) is 18.2 Å². The molecule has 170 valence electrons. The zero-order valence-corrected chi connectivity index (χ0v) is 17.8. The Kier molecular flexibility index (Phi) is 6.69. The second-order valence-corrected chi connectivity index (χ2v) is 10.3. The molecule has 0 aliphatic rings. The zero-order chi connectivity index (χ0) is 23.6. The predicted molar refractivity (Wildman–Crippen MR) is 108 cm³/mol. The fourth-order valence-electron chi connectivity index (χ4n) is 2.81. The molecule has 0 amide bonds. The van der Waals surface area contributed by atoms with Gasteiger partial charge in [0.2, 0.25) is 19.9 Å². The third-order valence-corrected chi connectivity index (χ3v) is 7.64. The number of hydrogen-bond donors (Lipinski definition) is 2. The number of halogens is 3. The molecule has 3 aromatic rings. The third kappa shape index (κ3) is 5.15. The SMILES string of the molecule is O=S(=O)(NCC(O)c1ccccn1)c1cc(S(=O)(=O)c2ccccc2)ccc1C(F)(F)F. The van der Waals surface area contributed by atoms with Crippen LogP contribution in [0.25, 0.3) is 0 Å². The molecule has 1 atom stereocenters. The maximum atomic E-state index is 13.5. The summed E-state index contributed by atoms with van der Waals surface area (Å²) >= 11 is 0. The quantitative estimate of drug-likeness (QED) is 0.531. The number of sulfonamides is 1. The number of pyridine rings is 1. The average Bonchev–Trinajstić information content (AvgIpc) is 2.77. The van der Waals surface area contributed by atoms with E-state index in [1.807, 2.05) is 4.72 Å². The van der Waals surface area contributed by atoms with Crippen LogP contribution in [0.5, 0.6) is 0 Å². The molecule has 1 unspecified atom stereocenters. The Labute approximate surface area is 182 Å². The number of aliphatic hydroxyl groups is 1. The summed E-state index contributed by atoms with van der Waals surface area (Å²) in [4.78, 5) is 1.75. The van der Waals surface area contributed by atoms with Crippen molar-refractivity contribution in [3.63, 3.8) is 0 Å². The van der Waals surface area contributed by atoms with Crippen LogP contribution in [0.4, 0.5) is 13.2 Å². The molecule has 0 saturated heterocycles. The molecule has 2 aromatic carbocycles. The van der Waals surface area contributed by atoms with Crippen molar-refractivity contribution in [2.45, 2.75) is 27.0 Å². The van der Waals surface area contributed by atoms with E-state index in [9.17, 15) is 35.1 Å². The van der Waals surface area contributed by atoms with Gasteiger partial charge in [0.25, 0.3) is 0 Å². The summed E-state index contributed by atoms with van der Waals surface area (Å²) < 4.78 is 93.4. The van der Waals surface area contributed by atoms with Crippen LogP contribution >= 0.6 is 0 Å². The molecule has 0 aliphatic heterocycles. The van der Waals surface area contributed by atoms with E-state index >= 15 is 0 Å². The predicted octanol–water partition coefficient (Wildman–Crippen LogP) is 2.95. The van der Waals surface area contributed by atoms with E-state index in [0.717, 1.165) is 0 Å². The van der Waals surface area contributed by atoms with Crippen molar-refractivity contribution >= 4 is 19.9 Å². The van der Waals surface area contributed by atoms with Gasteiger partial charge >= 0.3 is 6.18 Å². The first-order valence-electron chi connectivity index (χ1n) is 9.03. The molecule has 0 spiro atoms. The highest BCUT2D eigenvalue weighted by Gasteiger charge is 2.38. The van der Waals surface area contributed by atoms with E-state index < -0.39 is 54.0 Å². The summed E-state index contributed by atoms with van der Waals surface area (Å²) in [5.74, 6) is 0. The molecule has 0 bridgehead atoms. The van der Waals surface area contributed by atoms with Gasteiger partial charge in [-0.15, -0.1) is 0 Å². The highest BCUT2D eigenvalue weighted by molar-refractivity contribution is 7.91. The number of sulfone groups is 1. The van der Waals surface area contributed by atoms with Crippen molar-refractivity contribution in [2.75, 3.05) is 6.54 Å². The van der Waals surface area contributed by atoms with Crippen molar-refractivity contribution < 1.29 is 35.1 Å². The standard InChI is InChI=1S/C20H17F3N2O5S2/c21-20(22,23)16-10-9-15(31(27,28)14-6-2-1-3-7-14)12-19(16)32(29,30)25-13-18(26)17-8-4-5-11-24-17/h1-12,18,25-26H,13H2. The largest absolute Gasteiger partial charge is 0.417 e. The Balaban J connectivity index is 2.02. The number of nitrogens with zero attached hydrogens (tertiary/aromatic N) is 1. The fourth-order valence-corrected chi connectivity index (χ4v) is 5.48. The van der Waals surface area contributed by atoms with E-state index in [1.165, 1.54) is 36.5 Å². The molecule has 0 fully saturated rings. The average molecular weight is 486 g/mol. The Morgan fingerprint density at radius 3 is 2.16 bits per heavy atom. The summed E-state index contributed by atoms with van der Waals surface area (Å²) in [6.07, 6.45) is -5.15. The second-order valence-electron chi connectivity index (χ2n) is 6.59. The molecule has 0 saturated carbocycles. The maximum Gasteiger partial charge on any atom is 0.417 e. The van der Waals surface area contributed by atoms with Gasteiger partial charge < -0.3 is 5.11 Å². The first-order chi connectivity index (χ1) is 14.9. The molecular weight excluding hydrogens is 469 g/mol. The second kappa shape index (κ2) is 8.98.